The van der Waals surface area contributed by atoms with E-state index in [1.807, 2.05) is 37.3 Å². The molecule has 2 aromatic rings. The summed E-state index contributed by atoms with van der Waals surface area (Å²) in [4.78, 5) is 0. The van der Waals surface area contributed by atoms with Crippen LogP contribution in [0.1, 0.15) is 24.2 Å². The maximum atomic E-state index is 10.5. The van der Waals surface area contributed by atoms with E-state index >= 15 is 0 Å². The number of aliphatic hydroxyl groups excluding tert-OH is 1. The van der Waals surface area contributed by atoms with Gasteiger partial charge in [-0.2, -0.15) is 0 Å². The summed E-state index contributed by atoms with van der Waals surface area (Å²) in [7, 11) is 0. The second-order valence-corrected chi connectivity index (χ2v) is 5.42. The van der Waals surface area contributed by atoms with E-state index in [2.05, 4.69) is 15.9 Å². The fourth-order valence-electron chi connectivity index (χ4n) is 1.84. The van der Waals surface area contributed by atoms with Gasteiger partial charge >= 0.3 is 0 Å². The van der Waals surface area contributed by atoms with Crippen molar-refractivity contribution in [2.24, 2.45) is 0 Å². The first-order chi connectivity index (χ1) is 9.11. The first-order valence-corrected chi connectivity index (χ1v) is 7.14. The SMILES string of the molecule is CCOc1ccc(Br)cc1C(O)c1ccc(Cl)cc1. The molecule has 0 spiro atoms. The van der Waals surface area contributed by atoms with Gasteiger partial charge in [0.1, 0.15) is 11.9 Å². The van der Waals surface area contributed by atoms with Crippen LogP contribution >= 0.6 is 27.5 Å². The smallest absolute Gasteiger partial charge is 0.125 e. The molecule has 0 bridgehead atoms. The van der Waals surface area contributed by atoms with Crippen LogP contribution in [0.25, 0.3) is 0 Å². The van der Waals surface area contributed by atoms with E-state index < -0.39 is 6.10 Å². The summed E-state index contributed by atoms with van der Waals surface area (Å²) in [6, 6.07) is 12.7. The van der Waals surface area contributed by atoms with Crippen molar-refractivity contribution in [1.29, 1.82) is 0 Å². The van der Waals surface area contributed by atoms with Crippen LogP contribution < -0.4 is 4.74 Å². The third kappa shape index (κ3) is 3.50. The molecule has 0 amide bonds. The van der Waals surface area contributed by atoms with Crippen molar-refractivity contribution in [2.75, 3.05) is 6.61 Å². The van der Waals surface area contributed by atoms with E-state index in [1.165, 1.54) is 0 Å². The van der Waals surface area contributed by atoms with Crippen molar-refractivity contribution in [2.45, 2.75) is 13.0 Å². The Kier molecular flexibility index (Phi) is 4.86. The second-order valence-electron chi connectivity index (χ2n) is 4.07. The lowest BCUT2D eigenvalue weighted by Gasteiger charge is -2.16. The van der Waals surface area contributed by atoms with Crippen LogP contribution in [-0.2, 0) is 0 Å². The van der Waals surface area contributed by atoms with Gasteiger partial charge in [0.25, 0.3) is 0 Å². The Morgan fingerprint density at radius 1 is 1.21 bits per heavy atom. The zero-order chi connectivity index (χ0) is 13.8. The van der Waals surface area contributed by atoms with E-state index in [1.54, 1.807) is 12.1 Å². The Hall–Kier alpha value is -1.03. The van der Waals surface area contributed by atoms with Gasteiger partial charge in [-0.25, -0.2) is 0 Å². The number of benzene rings is 2. The highest BCUT2D eigenvalue weighted by Gasteiger charge is 2.16. The minimum atomic E-state index is -0.740. The molecule has 1 unspecified atom stereocenters. The minimum absolute atomic E-state index is 0.558. The van der Waals surface area contributed by atoms with E-state index in [-0.39, 0.29) is 0 Å². The maximum Gasteiger partial charge on any atom is 0.125 e. The van der Waals surface area contributed by atoms with Gasteiger partial charge in [-0.3, -0.25) is 0 Å². The fraction of sp³-hybridized carbons (Fsp3) is 0.200. The van der Waals surface area contributed by atoms with Crippen LogP contribution in [0.15, 0.2) is 46.9 Å². The summed E-state index contributed by atoms with van der Waals surface area (Å²) in [6.45, 7) is 2.47. The first kappa shape index (κ1) is 14.4. The van der Waals surface area contributed by atoms with Crippen molar-refractivity contribution in [1.82, 2.24) is 0 Å². The molecular formula is C15H14BrClO2. The molecule has 19 heavy (non-hydrogen) atoms. The van der Waals surface area contributed by atoms with Crippen LogP contribution in [0, 0.1) is 0 Å². The van der Waals surface area contributed by atoms with Gasteiger partial charge in [0.05, 0.1) is 6.61 Å². The van der Waals surface area contributed by atoms with Crippen LogP contribution in [0.2, 0.25) is 5.02 Å². The van der Waals surface area contributed by atoms with Crippen molar-refractivity contribution < 1.29 is 9.84 Å². The number of hydrogen-bond donors (Lipinski definition) is 1. The summed E-state index contributed by atoms with van der Waals surface area (Å²) >= 11 is 9.27. The summed E-state index contributed by atoms with van der Waals surface area (Å²) in [5.74, 6) is 0.688. The van der Waals surface area contributed by atoms with Gasteiger partial charge in [0.2, 0.25) is 0 Å². The molecule has 0 radical (unpaired) electrons. The van der Waals surface area contributed by atoms with Crippen LogP contribution in [0.3, 0.4) is 0 Å². The van der Waals surface area contributed by atoms with Gasteiger partial charge in [-0.05, 0) is 42.8 Å². The molecule has 4 heteroatoms. The molecule has 0 aliphatic rings. The monoisotopic (exact) mass is 340 g/mol. The van der Waals surface area contributed by atoms with Crippen LogP contribution in [0.5, 0.6) is 5.75 Å². The van der Waals surface area contributed by atoms with Gasteiger partial charge in [0.15, 0.2) is 0 Å². The number of aliphatic hydroxyl groups is 1. The summed E-state index contributed by atoms with van der Waals surface area (Å²) in [5, 5.41) is 11.1. The van der Waals surface area contributed by atoms with Gasteiger partial charge in [0, 0.05) is 15.1 Å². The highest BCUT2D eigenvalue weighted by atomic mass is 79.9. The standard InChI is InChI=1S/C15H14BrClO2/c1-2-19-14-8-5-11(16)9-13(14)15(18)10-3-6-12(17)7-4-10/h3-9,15,18H,2H2,1H3. The molecule has 0 saturated carbocycles. The van der Waals surface area contributed by atoms with Gasteiger partial charge < -0.3 is 9.84 Å². The Labute approximate surface area is 126 Å². The quantitative estimate of drug-likeness (QED) is 0.882. The van der Waals surface area contributed by atoms with Crippen LogP contribution in [0.4, 0.5) is 0 Å². The predicted molar refractivity (Wildman–Crippen MR) is 80.8 cm³/mol. The largest absolute Gasteiger partial charge is 0.493 e. The summed E-state index contributed by atoms with van der Waals surface area (Å²) < 4.78 is 6.45. The molecule has 0 heterocycles. The zero-order valence-corrected chi connectivity index (χ0v) is 12.8. The highest BCUT2D eigenvalue weighted by Crippen LogP contribution is 2.32. The molecular weight excluding hydrogens is 328 g/mol. The molecule has 1 atom stereocenters. The predicted octanol–water partition coefficient (Wildman–Crippen LogP) is 4.58. The topological polar surface area (TPSA) is 29.5 Å². The zero-order valence-electron chi connectivity index (χ0n) is 10.4. The lowest BCUT2D eigenvalue weighted by atomic mass is 10.0. The van der Waals surface area contributed by atoms with Crippen molar-refractivity contribution in [3.8, 4) is 5.75 Å². The van der Waals surface area contributed by atoms with Gasteiger partial charge in [-0.15, -0.1) is 0 Å². The summed E-state index contributed by atoms with van der Waals surface area (Å²) in [6.07, 6.45) is -0.740. The molecule has 1 N–H and O–H groups in total. The Morgan fingerprint density at radius 3 is 2.53 bits per heavy atom. The minimum Gasteiger partial charge on any atom is -0.493 e. The molecule has 0 saturated heterocycles. The third-order valence-electron chi connectivity index (χ3n) is 2.75. The molecule has 0 aliphatic carbocycles. The van der Waals surface area contributed by atoms with Crippen molar-refractivity contribution in [3.05, 3.63) is 63.1 Å². The van der Waals surface area contributed by atoms with Crippen LogP contribution in [-0.4, -0.2) is 11.7 Å². The Balaban J connectivity index is 2.39. The first-order valence-electron chi connectivity index (χ1n) is 5.97. The molecule has 0 fully saturated rings. The summed E-state index contributed by atoms with van der Waals surface area (Å²) in [5.41, 5.74) is 1.52. The molecule has 2 nitrogen and oxygen atoms in total. The molecule has 2 rings (SSSR count). The maximum absolute atomic E-state index is 10.5. The van der Waals surface area contributed by atoms with Crippen molar-refractivity contribution in [3.63, 3.8) is 0 Å². The average molecular weight is 342 g/mol. The third-order valence-corrected chi connectivity index (χ3v) is 3.50. The van der Waals surface area contributed by atoms with E-state index in [9.17, 15) is 5.11 Å². The van der Waals surface area contributed by atoms with E-state index in [4.69, 9.17) is 16.3 Å². The van der Waals surface area contributed by atoms with E-state index in [0.29, 0.717) is 17.4 Å². The molecule has 0 aliphatic heterocycles. The lowest BCUT2D eigenvalue weighted by Crippen LogP contribution is -2.04. The Morgan fingerprint density at radius 2 is 1.89 bits per heavy atom. The molecule has 2 aromatic carbocycles. The second kappa shape index (κ2) is 6.42. The van der Waals surface area contributed by atoms with E-state index in [0.717, 1.165) is 15.6 Å². The average Bonchev–Trinajstić information content (AvgIpc) is 2.41. The molecule has 0 aromatic heterocycles. The fourth-order valence-corrected chi connectivity index (χ4v) is 2.35. The number of rotatable bonds is 4. The Bertz CT molecular complexity index is 555. The normalized spacial score (nSPS) is 12.2. The lowest BCUT2D eigenvalue weighted by molar-refractivity contribution is 0.212. The van der Waals surface area contributed by atoms with Crippen molar-refractivity contribution >= 4 is 27.5 Å². The number of ether oxygens (including phenoxy) is 1. The number of hydrogen-bond acceptors (Lipinski definition) is 2. The molecule has 100 valence electrons. The van der Waals surface area contributed by atoms with Gasteiger partial charge in [-0.1, -0.05) is 39.7 Å². The number of halogens is 2. The highest BCUT2D eigenvalue weighted by molar-refractivity contribution is 9.10.